The molecule has 1 aromatic carbocycles. The molecule has 132 valence electrons. The third-order valence-corrected chi connectivity index (χ3v) is 5.54. The van der Waals surface area contributed by atoms with Gasteiger partial charge in [-0.05, 0) is 25.7 Å². The minimum atomic E-state index is -0.0273. The number of carbonyl (C=O) groups is 1. The molecular weight excluding hydrogens is 330 g/mol. The molecule has 0 spiro atoms. The first-order chi connectivity index (χ1) is 12.8. The molecule has 0 N–H and O–H groups in total. The molecule has 2 aliphatic heterocycles. The molecule has 4 heterocycles. The van der Waals surface area contributed by atoms with Crippen molar-refractivity contribution in [3.63, 3.8) is 0 Å². The predicted molar refractivity (Wildman–Crippen MR) is 93.2 cm³/mol. The van der Waals surface area contributed by atoms with E-state index in [4.69, 9.17) is 4.52 Å². The van der Waals surface area contributed by atoms with Crippen LogP contribution in [0.4, 0.5) is 0 Å². The SMILES string of the molecule is O=C(c1cc(-c2ccccc2)on1)N1C2CCC1CC(n1cncn1)C2. The zero-order chi connectivity index (χ0) is 17.5. The van der Waals surface area contributed by atoms with Crippen LogP contribution in [0.25, 0.3) is 11.3 Å². The monoisotopic (exact) mass is 349 g/mol. The fourth-order valence-electron chi connectivity index (χ4n) is 4.35. The van der Waals surface area contributed by atoms with Crippen molar-refractivity contribution in [3.8, 4) is 11.3 Å². The first-order valence-corrected chi connectivity index (χ1v) is 8.98. The summed E-state index contributed by atoms with van der Waals surface area (Å²) in [5, 5.41) is 8.32. The van der Waals surface area contributed by atoms with Crippen LogP contribution >= 0.6 is 0 Å². The van der Waals surface area contributed by atoms with Crippen molar-refractivity contribution >= 4 is 5.91 Å². The molecule has 7 nitrogen and oxygen atoms in total. The zero-order valence-electron chi connectivity index (χ0n) is 14.2. The normalized spacial score (nSPS) is 24.8. The summed E-state index contributed by atoms with van der Waals surface area (Å²) in [7, 11) is 0. The van der Waals surface area contributed by atoms with Gasteiger partial charge in [0, 0.05) is 23.7 Å². The van der Waals surface area contributed by atoms with Crippen molar-refractivity contribution < 1.29 is 9.32 Å². The Kier molecular flexibility index (Phi) is 3.58. The van der Waals surface area contributed by atoms with E-state index in [1.54, 1.807) is 18.7 Å². The lowest BCUT2D eigenvalue weighted by Gasteiger charge is -2.38. The van der Waals surface area contributed by atoms with Crippen molar-refractivity contribution in [2.45, 2.75) is 43.8 Å². The van der Waals surface area contributed by atoms with Gasteiger partial charge in [-0.1, -0.05) is 35.5 Å². The Bertz CT molecular complexity index is 891. The van der Waals surface area contributed by atoms with Crippen LogP contribution in [-0.4, -0.2) is 42.8 Å². The highest BCUT2D eigenvalue weighted by Crippen LogP contribution is 2.41. The van der Waals surface area contributed by atoms with E-state index < -0.39 is 0 Å². The van der Waals surface area contributed by atoms with Crippen molar-refractivity contribution in [2.75, 3.05) is 0 Å². The lowest BCUT2D eigenvalue weighted by Crippen LogP contribution is -2.47. The Labute approximate surface area is 150 Å². The Balaban J connectivity index is 1.36. The van der Waals surface area contributed by atoms with Gasteiger partial charge in [0.1, 0.15) is 12.7 Å². The average molecular weight is 349 g/mol. The van der Waals surface area contributed by atoms with E-state index in [0.717, 1.165) is 31.2 Å². The molecule has 2 saturated heterocycles. The third kappa shape index (κ3) is 2.51. The van der Waals surface area contributed by atoms with Crippen LogP contribution in [0.3, 0.4) is 0 Å². The molecule has 1 amide bonds. The topological polar surface area (TPSA) is 77.0 Å². The number of fused-ring (bicyclic) bond motifs is 2. The number of amides is 1. The van der Waals surface area contributed by atoms with Gasteiger partial charge in [-0.15, -0.1) is 0 Å². The van der Waals surface area contributed by atoms with Crippen molar-refractivity contribution in [1.82, 2.24) is 24.8 Å². The number of hydrogen-bond acceptors (Lipinski definition) is 5. The second kappa shape index (κ2) is 6.09. The maximum atomic E-state index is 13.1. The molecule has 26 heavy (non-hydrogen) atoms. The van der Waals surface area contributed by atoms with Gasteiger partial charge < -0.3 is 9.42 Å². The summed E-state index contributed by atoms with van der Waals surface area (Å²) in [5.41, 5.74) is 1.31. The van der Waals surface area contributed by atoms with E-state index in [1.807, 2.05) is 39.9 Å². The van der Waals surface area contributed by atoms with Gasteiger partial charge in [0.2, 0.25) is 0 Å². The van der Waals surface area contributed by atoms with Crippen LogP contribution in [0.1, 0.15) is 42.2 Å². The molecular formula is C19H19N5O2. The van der Waals surface area contributed by atoms with Crippen LogP contribution in [0.15, 0.2) is 53.6 Å². The maximum absolute atomic E-state index is 13.1. The Morgan fingerprint density at radius 3 is 2.54 bits per heavy atom. The molecule has 2 atom stereocenters. The van der Waals surface area contributed by atoms with E-state index in [1.165, 1.54) is 0 Å². The minimum absolute atomic E-state index is 0.0273. The summed E-state index contributed by atoms with van der Waals surface area (Å²) in [6.45, 7) is 0. The van der Waals surface area contributed by atoms with E-state index in [9.17, 15) is 4.79 Å². The van der Waals surface area contributed by atoms with Crippen LogP contribution in [-0.2, 0) is 0 Å². The van der Waals surface area contributed by atoms with Gasteiger partial charge >= 0.3 is 0 Å². The first-order valence-electron chi connectivity index (χ1n) is 8.98. The van der Waals surface area contributed by atoms with Gasteiger partial charge in [0.05, 0.1) is 6.04 Å². The number of carbonyl (C=O) groups excluding carboxylic acids is 1. The van der Waals surface area contributed by atoms with E-state index in [2.05, 4.69) is 15.2 Å². The molecule has 2 bridgehead atoms. The van der Waals surface area contributed by atoms with E-state index in [-0.39, 0.29) is 18.0 Å². The van der Waals surface area contributed by atoms with E-state index >= 15 is 0 Å². The lowest BCUT2D eigenvalue weighted by atomic mass is 9.97. The maximum Gasteiger partial charge on any atom is 0.276 e. The van der Waals surface area contributed by atoms with Gasteiger partial charge in [0.15, 0.2) is 11.5 Å². The Hall–Kier alpha value is -2.96. The average Bonchev–Trinajstić information content (AvgIpc) is 3.42. The fourth-order valence-corrected chi connectivity index (χ4v) is 4.35. The van der Waals surface area contributed by atoms with Crippen molar-refractivity contribution in [2.24, 2.45) is 0 Å². The molecule has 0 radical (unpaired) electrons. The number of hydrogen-bond donors (Lipinski definition) is 0. The minimum Gasteiger partial charge on any atom is -0.355 e. The summed E-state index contributed by atoms with van der Waals surface area (Å²) in [6, 6.07) is 12.2. The number of piperidine rings is 1. The summed E-state index contributed by atoms with van der Waals surface area (Å²) in [6.07, 6.45) is 7.23. The van der Waals surface area contributed by atoms with Crippen molar-refractivity contribution in [1.29, 1.82) is 0 Å². The molecule has 3 aromatic rings. The molecule has 2 fully saturated rings. The standard InChI is InChI=1S/C19H19N5O2/c25-19(17-10-18(26-22-17)13-4-2-1-3-5-13)24-14-6-7-15(24)9-16(8-14)23-12-20-11-21-23/h1-5,10-12,14-16H,6-9H2. The van der Waals surface area contributed by atoms with Gasteiger partial charge in [-0.2, -0.15) is 5.10 Å². The second-order valence-corrected chi connectivity index (χ2v) is 7.04. The van der Waals surface area contributed by atoms with Gasteiger partial charge in [-0.25, -0.2) is 9.67 Å². The summed E-state index contributed by atoms with van der Waals surface area (Å²) in [5.74, 6) is 0.597. The molecule has 2 unspecified atom stereocenters. The van der Waals surface area contributed by atoms with Crippen LogP contribution in [0, 0.1) is 0 Å². The number of rotatable bonds is 3. The van der Waals surface area contributed by atoms with Crippen LogP contribution in [0.5, 0.6) is 0 Å². The molecule has 5 rings (SSSR count). The highest BCUT2D eigenvalue weighted by molar-refractivity contribution is 5.93. The first kappa shape index (κ1) is 15.3. The lowest BCUT2D eigenvalue weighted by molar-refractivity contribution is 0.0514. The largest absolute Gasteiger partial charge is 0.355 e. The molecule has 7 heteroatoms. The summed E-state index contributed by atoms with van der Waals surface area (Å²) >= 11 is 0. The van der Waals surface area contributed by atoms with Crippen LogP contribution in [0.2, 0.25) is 0 Å². The summed E-state index contributed by atoms with van der Waals surface area (Å²) < 4.78 is 7.34. The third-order valence-electron chi connectivity index (χ3n) is 5.54. The Morgan fingerprint density at radius 2 is 1.85 bits per heavy atom. The highest BCUT2D eigenvalue weighted by Gasteiger charge is 2.44. The highest BCUT2D eigenvalue weighted by atomic mass is 16.5. The molecule has 0 saturated carbocycles. The quantitative estimate of drug-likeness (QED) is 0.726. The Morgan fingerprint density at radius 1 is 1.08 bits per heavy atom. The molecule has 2 aromatic heterocycles. The number of benzene rings is 1. The number of nitrogens with zero attached hydrogens (tertiary/aromatic N) is 5. The van der Waals surface area contributed by atoms with Crippen LogP contribution < -0.4 is 0 Å². The predicted octanol–water partition coefficient (Wildman–Crippen LogP) is 2.94. The second-order valence-electron chi connectivity index (χ2n) is 7.04. The van der Waals surface area contributed by atoms with Gasteiger partial charge in [0.25, 0.3) is 5.91 Å². The van der Waals surface area contributed by atoms with E-state index in [0.29, 0.717) is 17.5 Å². The smallest absolute Gasteiger partial charge is 0.276 e. The molecule has 0 aliphatic carbocycles. The fraction of sp³-hybridized carbons (Fsp3) is 0.368. The number of aromatic nitrogens is 4. The summed E-state index contributed by atoms with van der Waals surface area (Å²) in [4.78, 5) is 19.1. The molecule has 2 aliphatic rings. The van der Waals surface area contributed by atoms with Crippen molar-refractivity contribution in [3.05, 3.63) is 54.7 Å². The zero-order valence-corrected chi connectivity index (χ0v) is 14.2. The van der Waals surface area contributed by atoms with Gasteiger partial charge in [-0.3, -0.25) is 4.79 Å².